The molecule has 1 fully saturated rings. The molecule has 0 unspecified atom stereocenters. The molecular weight excluding hydrogens is 362 g/mol. The first-order valence-electron chi connectivity index (χ1n) is 9.05. The van der Waals surface area contributed by atoms with Crippen LogP contribution in [0.4, 0.5) is 11.4 Å². The molecule has 1 atom stereocenters. The number of nitro benzene ring substituents is 1. The number of ether oxygens (including phenoxy) is 1. The van der Waals surface area contributed by atoms with Crippen molar-refractivity contribution in [3.63, 3.8) is 0 Å². The lowest BCUT2D eigenvalue weighted by Crippen LogP contribution is -2.32. The Morgan fingerprint density at radius 1 is 1.14 bits per heavy atom. The van der Waals surface area contributed by atoms with Crippen molar-refractivity contribution in [2.45, 2.75) is 25.4 Å². The van der Waals surface area contributed by atoms with Crippen LogP contribution in [0, 0.1) is 10.1 Å². The van der Waals surface area contributed by atoms with Gasteiger partial charge >= 0.3 is 0 Å². The summed E-state index contributed by atoms with van der Waals surface area (Å²) in [5.74, 6) is -0.745. The molecule has 0 saturated carbocycles. The van der Waals surface area contributed by atoms with E-state index in [1.165, 1.54) is 12.1 Å². The van der Waals surface area contributed by atoms with E-state index in [9.17, 15) is 19.7 Å². The second-order valence-corrected chi connectivity index (χ2v) is 6.50. The molecule has 0 spiro atoms. The van der Waals surface area contributed by atoms with E-state index in [1.807, 2.05) is 0 Å². The SMILES string of the molecule is O=C(Cc1ccccc1[N+](=O)[O-])Nc1ccccc1C(=O)NC[C@@H]1CCCO1. The number of nitro groups is 1. The molecule has 1 heterocycles. The summed E-state index contributed by atoms with van der Waals surface area (Å²) in [6.07, 6.45) is 1.75. The van der Waals surface area contributed by atoms with Crippen LogP contribution in [0.3, 0.4) is 0 Å². The van der Waals surface area contributed by atoms with Crippen molar-refractivity contribution in [1.29, 1.82) is 0 Å². The molecule has 28 heavy (non-hydrogen) atoms. The Bertz CT molecular complexity index is 878. The first-order chi connectivity index (χ1) is 13.5. The van der Waals surface area contributed by atoms with Gasteiger partial charge in [0.25, 0.3) is 11.6 Å². The molecule has 0 aliphatic carbocycles. The van der Waals surface area contributed by atoms with Crippen molar-refractivity contribution in [1.82, 2.24) is 5.32 Å². The van der Waals surface area contributed by atoms with Crippen LogP contribution in [0.5, 0.6) is 0 Å². The summed E-state index contributed by atoms with van der Waals surface area (Å²) in [7, 11) is 0. The number of hydrogen-bond acceptors (Lipinski definition) is 5. The van der Waals surface area contributed by atoms with Gasteiger partial charge in [-0.25, -0.2) is 0 Å². The second kappa shape index (κ2) is 9.09. The summed E-state index contributed by atoms with van der Waals surface area (Å²) in [6.45, 7) is 1.12. The monoisotopic (exact) mass is 383 g/mol. The summed E-state index contributed by atoms with van der Waals surface area (Å²) in [6, 6.07) is 12.7. The molecule has 3 rings (SSSR count). The summed E-state index contributed by atoms with van der Waals surface area (Å²) in [4.78, 5) is 35.5. The number of hydrogen-bond donors (Lipinski definition) is 2. The van der Waals surface area contributed by atoms with Crippen molar-refractivity contribution in [2.24, 2.45) is 0 Å². The highest BCUT2D eigenvalue weighted by Crippen LogP contribution is 2.20. The molecule has 0 radical (unpaired) electrons. The number of anilines is 1. The smallest absolute Gasteiger partial charge is 0.273 e. The van der Waals surface area contributed by atoms with E-state index in [-0.39, 0.29) is 24.1 Å². The first-order valence-corrected chi connectivity index (χ1v) is 9.05. The highest BCUT2D eigenvalue weighted by molar-refractivity contribution is 6.04. The molecule has 146 valence electrons. The minimum absolute atomic E-state index is 0.0179. The van der Waals surface area contributed by atoms with E-state index < -0.39 is 10.8 Å². The van der Waals surface area contributed by atoms with Crippen LogP contribution < -0.4 is 10.6 Å². The molecule has 2 N–H and O–H groups in total. The van der Waals surface area contributed by atoms with Crippen LogP contribution >= 0.6 is 0 Å². The summed E-state index contributed by atoms with van der Waals surface area (Å²) in [5.41, 5.74) is 0.887. The largest absolute Gasteiger partial charge is 0.376 e. The normalized spacial score (nSPS) is 15.8. The molecule has 2 aromatic rings. The molecule has 1 aliphatic rings. The Morgan fingerprint density at radius 2 is 1.89 bits per heavy atom. The molecule has 1 aliphatic heterocycles. The molecular formula is C20H21N3O5. The highest BCUT2D eigenvalue weighted by atomic mass is 16.6. The molecule has 2 aromatic carbocycles. The highest BCUT2D eigenvalue weighted by Gasteiger charge is 2.20. The van der Waals surface area contributed by atoms with Crippen LogP contribution in [0.2, 0.25) is 0 Å². The molecule has 0 aromatic heterocycles. The van der Waals surface area contributed by atoms with Gasteiger partial charge in [0, 0.05) is 24.8 Å². The average molecular weight is 383 g/mol. The third kappa shape index (κ3) is 4.92. The van der Waals surface area contributed by atoms with E-state index in [1.54, 1.807) is 36.4 Å². The minimum atomic E-state index is -0.519. The predicted molar refractivity (Wildman–Crippen MR) is 103 cm³/mol. The summed E-state index contributed by atoms with van der Waals surface area (Å²) >= 11 is 0. The lowest BCUT2D eigenvalue weighted by atomic mass is 10.1. The Morgan fingerprint density at radius 3 is 2.64 bits per heavy atom. The molecule has 1 saturated heterocycles. The zero-order valence-electron chi connectivity index (χ0n) is 15.2. The van der Waals surface area contributed by atoms with Gasteiger partial charge in [-0.15, -0.1) is 0 Å². The van der Waals surface area contributed by atoms with E-state index in [4.69, 9.17) is 4.74 Å². The summed E-state index contributed by atoms with van der Waals surface area (Å²) < 4.78 is 5.49. The third-order valence-corrected chi connectivity index (χ3v) is 4.50. The maximum atomic E-state index is 12.5. The fourth-order valence-corrected chi connectivity index (χ4v) is 3.10. The maximum Gasteiger partial charge on any atom is 0.273 e. The maximum absolute atomic E-state index is 12.5. The van der Waals surface area contributed by atoms with Crippen molar-refractivity contribution >= 4 is 23.2 Å². The van der Waals surface area contributed by atoms with Crippen LogP contribution in [0.15, 0.2) is 48.5 Å². The Hall–Kier alpha value is -3.26. The van der Waals surface area contributed by atoms with Gasteiger partial charge in [0.2, 0.25) is 5.91 Å². The number of nitrogens with one attached hydrogen (secondary N) is 2. The van der Waals surface area contributed by atoms with E-state index in [0.29, 0.717) is 30.0 Å². The minimum Gasteiger partial charge on any atom is -0.376 e. The standard InChI is InChI=1S/C20H21N3O5/c24-19(12-14-6-1-4-10-18(14)23(26)27)22-17-9-3-2-8-16(17)20(25)21-13-15-7-5-11-28-15/h1-4,6,8-10,15H,5,7,11-13H2,(H,21,25)(H,22,24)/t15-/m0/s1. The number of amides is 2. The van der Waals surface area contributed by atoms with Gasteiger partial charge in [0.1, 0.15) is 0 Å². The van der Waals surface area contributed by atoms with Gasteiger partial charge in [0.15, 0.2) is 0 Å². The van der Waals surface area contributed by atoms with Crippen LogP contribution in [-0.4, -0.2) is 36.0 Å². The lowest BCUT2D eigenvalue weighted by molar-refractivity contribution is -0.385. The van der Waals surface area contributed by atoms with Gasteiger partial charge in [-0.05, 0) is 25.0 Å². The zero-order chi connectivity index (χ0) is 19.9. The average Bonchev–Trinajstić information content (AvgIpc) is 3.20. The number of nitrogens with zero attached hydrogens (tertiary/aromatic N) is 1. The number of benzene rings is 2. The third-order valence-electron chi connectivity index (χ3n) is 4.50. The predicted octanol–water partition coefficient (Wildman–Crippen LogP) is 2.68. The number of para-hydroxylation sites is 2. The number of rotatable bonds is 7. The number of carbonyl (C=O) groups is 2. The van der Waals surface area contributed by atoms with Crippen molar-refractivity contribution in [2.75, 3.05) is 18.5 Å². The lowest BCUT2D eigenvalue weighted by Gasteiger charge is -2.14. The molecule has 8 heteroatoms. The van der Waals surface area contributed by atoms with Crippen LogP contribution in [0.1, 0.15) is 28.8 Å². The van der Waals surface area contributed by atoms with Crippen LogP contribution in [0.25, 0.3) is 0 Å². The fourth-order valence-electron chi connectivity index (χ4n) is 3.10. The van der Waals surface area contributed by atoms with Crippen molar-refractivity contribution in [3.8, 4) is 0 Å². The molecule has 2 amide bonds. The van der Waals surface area contributed by atoms with Gasteiger partial charge in [-0.3, -0.25) is 19.7 Å². The Balaban J connectivity index is 1.66. The Kier molecular flexibility index (Phi) is 6.33. The van der Waals surface area contributed by atoms with Gasteiger partial charge in [-0.2, -0.15) is 0 Å². The zero-order valence-corrected chi connectivity index (χ0v) is 15.2. The van der Waals surface area contributed by atoms with E-state index in [2.05, 4.69) is 10.6 Å². The molecule has 0 bridgehead atoms. The van der Waals surface area contributed by atoms with E-state index >= 15 is 0 Å². The van der Waals surface area contributed by atoms with Gasteiger partial charge in [0.05, 0.1) is 28.7 Å². The van der Waals surface area contributed by atoms with E-state index in [0.717, 1.165) is 12.8 Å². The van der Waals surface area contributed by atoms with Crippen molar-refractivity contribution in [3.05, 3.63) is 69.8 Å². The van der Waals surface area contributed by atoms with Crippen molar-refractivity contribution < 1.29 is 19.2 Å². The number of carbonyl (C=O) groups excluding carboxylic acids is 2. The second-order valence-electron chi connectivity index (χ2n) is 6.50. The molecule has 8 nitrogen and oxygen atoms in total. The summed E-state index contributed by atoms with van der Waals surface area (Å²) in [5, 5.41) is 16.6. The quantitative estimate of drug-likeness (QED) is 0.564. The fraction of sp³-hybridized carbons (Fsp3) is 0.300. The first kappa shape index (κ1) is 19.5. The topological polar surface area (TPSA) is 111 Å². The van der Waals surface area contributed by atoms with Crippen LogP contribution in [-0.2, 0) is 16.0 Å². The Labute approximate surface area is 162 Å². The van der Waals surface area contributed by atoms with Gasteiger partial charge < -0.3 is 15.4 Å². The van der Waals surface area contributed by atoms with Gasteiger partial charge in [-0.1, -0.05) is 30.3 Å².